The van der Waals surface area contributed by atoms with Crippen LogP contribution in [0.25, 0.3) is 0 Å². The van der Waals surface area contributed by atoms with E-state index in [1.165, 1.54) is 0 Å². The molecule has 3 heteroatoms. The molecule has 0 aromatic carbocycles. The van der Waals surface area contributed by atoms with Gasteiger partial charge in [0, 0.05) is 5.92 Å². The van der Waals surface area contributed by atoms with E-state index < -0.39 is 5.41 Å². The van der Waals surface area contributed by atoms with Crippen LogP contribution in [0.5, 0.6) is 0 Å². The molecule has 0 spiro atoms. The predicted molar refractivity (Wildman–Crippen MR) is 89.3 cm³/mol. The van der Waals surface area contributed by atoms with Crippen LogP contribution < -0.4 is 0 Å². The van der Waals surface area contributed by atoms with Crippen LogP contribution in [0.4, 0.5) is 0 Å². The zero-order valence-electron chi connectivity index (χ0n) is 15.5. The molecule has 0 aromatic rings. The summed E-state index contributed by atoms with van der Waals surface area (Å²) in [6, 6.07) is 2.31. The third-order valence-electron chi connectivity index (χ3n) is 7.99. The lowest BCUT2D eigenvalue weighted by molar-refractivity contribution is -0.146. The van der Waals surface area contributed by atoms with Crippen LogP contribution in [0.15, 0.2) is 0 Å². The van der Waals surface area contributed by atoms with Gasteiger partial charge in [-0.25, -0.2) is 0 Å². The third-order valence-corrected chi connectivity index (χ3v) is 7.99. The number of fused-ring (bicyclic) bond motifs is 1. The van der Waals surface area contributed by atoms with Crippen molar-refractivity contribution in [2.24, 2.45) is 39.9 Å². The first-order valence-electron chi connectivity index (χ1n) is 9.19. The molecule has 6 unspecified atom stereocenters. The Labute approximate surface area is 140 Å². The van der Waals surface area contributed by atoms with Crippen molar-refractivity contribution < 1.29 is 9.53 Å². The zero-order chi connectivity index (χ0) is 17.2. The lowest BCUT2D eigenvalue weighted by Gasteiger charge is -2.47. The summed E-state index contributed by atoms with van der Waals surface area (Å²) in [5.41, 5.74) is -0.275. The molecular formula is C20H31NO2. The summed E-state index contributed by atoms with van der Waals surface area (Å²) in [6.45, 7) is 14.1. The first-order chi connectivity index (χ1) is 10.6. The average Bonchev–Trinajstić information content (AvgIpc) is 3.03. The van der Waals surface area contributed by atoms with Crippen molar-refractivity contribution in [1.82, 2.24) is 0 Å². The molecule has 0 N–H and O–H groups in total. The van der Waals surface area contributed by atoms with Gasteiger partial charge in [-0.2, -0.15) is 5.26 Å². The summed E-state index contributed by atoms with van der Waals surface area (Å²) in [5.74, 6) is 1.52. The van der Waals surface area contributed by atoms with E-state index >= 15 is 0 Å². The molecule has 0 radical (unpaired) electrons. The summed E-state index contributed by atoms with van der Waals surface area (Å²) in [5, 5.41) is 9.51. The highest BCUT2D eigenvalue weighted by atomic mass is 16.6. The minimum absolute atomic E-state index is 0.0114. The average molecular weight is 317 g/mol. The number of nitriles is 1. The largest absolute Gasteiger partial charge is 0.460 e. The van der Waals surface area contributed by atoms with Crippen LogP contribution in [-0.2, 0) is 9.53 Å². The Morgan fingerprint density at radius 1 is 1.35 bits per heavy atom. The molecule has 128 valence electrons. The van der Waals surface area contributed by atoms with Crippen molar-refractivity contribution in [3.8, 4) is 6.07 Å². The van der Waals surface area contributed by atoms with E-state index in [2.05, 4.69) is 47.6 Å². The van der Waals surface area contributed by atoms with Crippen LogP contribution >= 0.6 is 0 Å². The van der Waals surface area contributed by atoms with Gasteiger partial charge in [-0.15, -0.1) is 0 Å². The van der Waals surface area contributed by atoms with Crippen LogP contribution in [0.1, 0.15) is 67.2 Å². The Balaban J connectivity index is 1.75. The fourth-order valence-corrected chi connectivity index (χ4v) is 5.69. The standard InChI is InChI=1S/C20H31NO2/c1-12(2)19(6,18(3,4)5)8-7-14-13-9-15-16(14)23-17(22)20(15,10-13)11-21/h12-16H,7-10H2,1-6H3. The van der Waals surface area contributed by atoms with Gasteiger partial charge in [-0.3, -0.25) is 4.79 Å². The second-order valence-electron chi connectivity index (χ2n) is 9.78. The smallest absolute Gasteiger partial charge is 0.327 e. The Kier molecular flexibility index (Phi) is 3.64. The molecule has 3 rings (SSSR count). The third kappa shape index (κ3) is 2.10. The number of carbonyl (C=O) groups is 1. The molecule has 0 amide bonds. The number of ether oxygens (including phenoxy) is 1. The second kappa shape index (κ2) is 4.98. The van der Waals surface area contributed by atoms with Crippen molar-refractivity contribution in [1.29, 1.82) is 5.26 Å². The molecular weight excluding hydrogens is 286 g/mol. The van der Waals surface area contributed by atoms with Gasteiger partial charge in [0.05, 0.1) is 6.07 Å². The maximum Gasteiger partial charge on any atom is 0.327 e. The van der Waals surface area contributed by atoms with Gasteiger partial charge in [0.25, 0.3) is 0 Å². The zero-order valence-corrected chi connectivity index (χ0v) is 15.5. The normalized spacial score (nSPS) is 41.0. The van der Waals surface area contributed by atoms with Gasteiger partial charge < -0.3 is 4.74 Å². The van der Waals surface area contributed by atoms with E-state index in [-0.39, 0.29) is 28.8 Å². The van der Waals surface area contributed by atoms with Gasteiger partial charge in [0.15, 0.2) is 5.41 Å². The van der Waals surface area contributed by atoms with Crippen molar-refractivity contribution in [2.45, 2.75) is 73.3 Å². The quantitative estimate of drug-likeness (QED) is 0.714. The first-order valence-corrected chi connectivity index (χ1v) is 9.19. The minimum atomic E-state index is -0.794. The van der Waals surface area contributed by atoms with Gasteiger partial charge in [-0.05, 0) is 54.3 Å². The Morgan fingerprint density at radius 2 is 2.00 bits per heavy atom. The van der Waals surface area contributed by atoms with Gasteiger partial charge >= 0.3 is 5.97 Å². The summed E-state index contributed by atoms with van der Waals surface area (Å²) < 4.78 is 5.70. The van der Waals surface area contributed by atoms with Gasteiger partial charge in [-0.1, -0.05) is 41.5 Å². The molecule has 3 fully saturated rings. The number of nitrogens with zero attached hydrogens (tertiary/aromatic N) is 1. The lowest BCUT2D eigenvalue weighted by atomic mass is 9.58. The first kappa shape index (κ1) is 16.8. The fraction of sp³-hybridized carbons (Fsp3) is 0.900. The number of rotatable bonds is 4. The molecule has 1 heterocycles. The number of hydrogen-bond donors (Lipinski definition) is 0. The predicted octanol–water partition coefficient (Wildman–Crippen LogP) is 4.57. The minimum Gasteiger partial charge on any atom is -0.460 e. The van der Waals surface area contributed by atoms with E-state index in [0.29, 0.717) is 17.8 Å². The maximum absolute atomic E-state index is 12.2. The van der Waals surface area contributed by atoms with Crippen molar-refractivity contribution in [3.63, 3.8) is 0 Å². The molecule has 0 aromatic heterocycles. The Morgan fingerprint density at radius 3 is 2.52 bits per heavy atom. The Bertz CT molecular complexity index is 555. The van der Waals surface area contributed by atoms with E-state index in [9.17, 15) is 10.1 Å². The molecule has 1 aliphatic heterocycles. The molecule has 2 saturated carbocycles. The maximum atomic E-state index is 12.2. The summed E-state index contributed by atoms with van der Waals surface area (Å²) in [4.78, 5) is 12.2. The van der Waals surface area contributed by atoms with E-state index in [0.717, 1.165) is 25.7 Å². The number of esters is 1. The summed E-state index contributed by atoms with van der Waals surface area (Å²) >= 11 is 0. The molecule has 2 bridgehead atoms. The van der Waals surface area contributed by atoms with E-state index in [4.69, 9.17) is 4.74 Å². The van der Waals surface area contributed by atoms with Crippen molar-refractivity contribution in [3.05, 3.63) is 0 Å². The molecule has 23 heavy (non-hydrogen) atoms. The van der Waals surface area contributed by atoms with Crippen LogP contribution in [0.2, 0.25) is 0 Å². The summed E-state index contributed by atoms with van der Waals surface area (Å²) in [6.07, 6.45) is 4.05. The Hall–Kier alpha value is -1.04. The van der Waals surface area contributed by atoms with Gasteiger partial charge in [0.1, 0.15) is 6.10 Å². The fourth-order valence-electron chi connectivity index (χ4n) is 5.69. The van der Waals surface area contributed by atoms with Crippen LogP contribution in [-0.4, -0.2) is 12.1 Å². The number of hydrogen-bond acceptors (Lipinski definition) is 3. The highest BCUT2D eigenvalue weighted by Gasteiger charge is 2.70. The summed E-state index contributed by atoms with van der Waals surface area (Å²) in [7, 11) is 0. The SMILES string of the molecule is CC(C)C(C)(CCC1C2CC3C1OC(=O)C3(C#N)C2)C(C)(C)C. The molecule has 6 atom stereocenters. The monoisotopic (exact) mass is 317 g/mol. The highest BCUT2D eigenvalue weighted by molar-refractivity contribution is 5.84. The molecule has 1 saturated heterocycles. The van der Waals surface area contributed by atoms with E-state index in [1.807, 2.05) is 0 Å². The number of carbonyl (C=O) groups excluding carboxylic acids is 1. The molecule has 3 nitrogen and oxygen atoms in total. The molecule has 3 aliphatic rings. The van der Waals surface area contributed by atoms with Crippen molar-refractivity contribution in [2.75, 3.05) is 0 Å². The second-order valence-corrected chi connectivity index (χ2v) is 9.78. The topological polar surface area (TPSA) is 50.1 Å². The van der Waals surface area contributed by atoms with Crippen LogP contribution in [0.3, 0.4) is 0 Å². The van der Waals surface area contributed by atoms with Crippen molar-refractivity contribution >= 4 is 5.97 Å². The van der Waals surface area contributed by atoms with E-state index in [1.54, 1.807) is 0 Å². The van der Waals surface area contributed by atoms with Gasteiger partial charge in [0.2, 0.25) is 0 Å². The lowest BCUT2D eigenvalue weighted by Crippen LogP contribution is -2.39. The highest BCUT2D eigenvalue weighted by Crippen LogP contribution is 2.65. The molecule has 2 aliphatic carbocycles. The van der Waals surface area contributed by atoms with Crippen LogP contribution in [0, 0.1) is 51.2 Å².